The molecule has 0 radical (unpaired) electrons. The molecule has 0 unspecified atom stereocenters. The predicted octanol–water partition coefficient (Wildman–Crippen LogP) is -2.24. The van der Waals surface area contributed by atoms with Gasteiger partial charge in [-0.2, -0.15) is 0 Å². The number of carboxylic acid groups (broad SMARTS) is 2. The molecule has 0 fully saturated rings. The Labute approximate surface area is 159 Å². The molecule has 0 aromatic rings. The van der Waals surface area contributed by atoms with Crippen LogP contribution in [-0.4, -0.2) is 125 Å². The smallest absolute Gasteiger partial charge is 0 e. The number of carbonyl (C=O) groups is 2. The minimum absolute atomic E-state index is 0. The molecule has 0 heterocycles. The van der Waals surface area contributed by atoms with E-state index in [4.69, 9.17) is 14.0 Å². The zero-order chi connectivity index (χ0) is 7.86. The number of rotatable bonds is 0. The van der Waals surface area contributed by atoms with Crippen LogP contribution < -0.4 is 0 Å². The fourth-order valence-electron chi connectivity index (χ4n) is 0.0747. The van der Waals surface area contributed by atoms with Crippen molar-refractivity contribution >= 4 is 115 Å². The van der Waals surface area contributed by atoms with E-state index in [0.29, 0.717) is 16.2 Å². The van der Waals surface area contributed by atoms with Gasteiger partial charge in [0.2, 0.25) is 0 Å². The average molecular weight is 397 g/mol. The Balaban J connectivity index is -0.0000000303. The molecular weight excluding hydrogens is 390 g/mol. The molecule has 0 aromatic heterocycles. The summed E-state index contributed by atoms with van der Waals surface area (Å²) in [6.07, 6.45) is -3.62. The summed E-state index contributed by atoms with van der Waals surface area (Å²) in [6, 6.07) is 0. The van der Waals surface area contributed by atoms with Gasteiger partial charge in [0.25, 0.3) is 0 Å². The van der Waals surface area contributed by atoms with Crippen molar-refractivity contribution in [2.45, 2.75) is 0 Å². The second kappa shape index (κ2) is 23.4. The molecule has 0 bridgehead atoms. The van der Waals surface area contributed by atoms with Gasteiger partial charge in [0.15, 0.2) is 0 Å². The average Bonchev–Trinajstić information content (AvgIpc) is 1.68. The Kier molecular flexibility index (Phi) is 57.1. The molecule has 0 rings (SSSR count). The molecule has 0 aliphatic rings. The van der Waals surface area contributed by atoms with E-state index in [1.165, 1.54) is 0 Å². The first-order chi connectivity index (χ1) is 4.13. The molecule has 2 N–H and O–H groups in total. The molecule has 0 aromatic carbocycles. The van der Waals surface area contributed by atoms with E-state index < -0.39 is 12.3 Å². The first-order valence-electron chi connectivity index (χ1n) is 1.55. The van der Waals surface area contributed by atoms with Crippen LogP contribution in [-0.2, 0) is 28.0 Å². The Morgan fingerprint density at radius 1 is 1.08 bits per heavy atom. The van der Waals surface area contributed by atoms with Crippen molar-refractivity contribution in [2.24, 2.45) is 0 Å². The summed E-state index contributed by atoms with van der Waals surface area (Å²) in [6.45, 7) is 0. The van der Waals surface area contributed by atoms with Gasteiger partial charge in [-0.3, -0.25) is 0 Å². The van der Waals surface area contributed by atoms with E-state index in [1.807, 2.05) is 0 Å². The maximum absolute atomic E-state index is 9.21. The van der Waals surface area contributed by atoms with Crippen molar-refractivity contribution in [3.8, 4) is 0 Å². The molecule has 0 aliphatic carbocycles. The minimum Gasteiger partial charge on any atom is 0 e. The van der Waals surface area contributed by atoms with Crippen LogP contribution in [0.3, 0.4) is 0 Å². The predicted molar refractivity (Wildman–Crippen MR) is 42.1 cm³/mol. The Morgan fingerprint density at radius 2 is 1.25 bits per heavy atom. The van der Waals surface area contributed by atoms with Gasteiger partial charge in [-0.25, -0.2) is 9.59 Å². The molecule has 0 saturated heterocycles. The van der Waals surface area contributed by atoms with Crippen LogP contribution in [0.1, 0.15) is 0 Å². The molecular formula is C2H7AlBaCaO6Zn. The van der Waals surface area contributed by atoms with E-state index in [-0.39, 0.29) is 106 Å². The monoisotopic (exact) mass is 396 g/mol. The summed E-state index contributed by atoms with van der Waals surface area (Å²) >= 11 is 0.611. The minimum atomic E-state index is -1.81. The Morgan fingerprint density at radius 3 is 1.25 bits per heavy atom. The summed E-state index contributed by atoms with van der Waals surface area (Å²) in [5.74, 6) is 0. The van der Waals surface area contributed by atoms with Crippen LogP contribution in [0, 0.1) is 0 Å². The molecule has 10 heteroatoms. The second-order valence-electron chi connectivity index (χ2n) is 0.634. The van der Waals surface area contributed by atoms with Gasteiger partial charge in [0.05, 0.1) is 0 Å². The van der Waals surface area contributed by atoms with Crippen LogP contribution in [0.15, 0.2) is 0 Å². The van der Waals surface area contributed by atoms with Crippen LogP contribution in [0.25, 0.3) is 0 Å². The molecule has 0 spiro atoms. The van der Waals surface area contributed by atoms with E-state index in [1.54, 1.807) is 0 Å². The summed E-state index contributed by atoms with van der Waals surface area (Å²) in [7, 11) is 0. The van der Waals surface area contributed by atoms with Crippen molar-refractivity contribution in [1.29, 1.82) is 0 Å². The maximum atomic E-state index is 9.21. The number of hydrogen-bond acceptors (Lipinski definition) is 4. The molecule has 0 amide bonds. The molecule has 6 nitrogen and oxygen atoms in total. The van der Waals surface area contributed by atoms with E-state index in [9.17, 15) is 9.59 Å². The SMILES string of the molecule is O=C(O)OC(=O)O.[BaH2].[CaH2].[O]=[AlH].[Zn]. The quantitative estimate of drug-likeness (QED) is 0.273. The Hall–Kier alpha value is 2.53. The number of hydrogen-bond donors (Lipinski definition) is 2. The second-order valence-corrected chi connectivity index (χ2v) is 0.634. The largest absolute Gasteiger partial charge is 0 e. The zero-order valence-electron chi connectivity index (χ0n) is 4.94. The third-order valence-electron chi connectivity index (χ3n) is 0.175. The van der Waals surface area contributed by atoms with Crippen LogP contribution in [0.2, 0.25) is 0 Å². The fraction of sp³-hybridized carbons (Fsp3) is 0. The third kappa shape index (κ3) is 39.1. The third-order valence-corrected chi connectivity index (χ3v) is 0.175. The van der Waals surface area contributed by atoms with Crippen LogP contribution >= 0.6 is 0 Å². The molecule has 0 atom stereocenters. The summed E-state index contributed by atoms with van der Waals surface area (Å²) in [5, 5.41) is 15.0. The van der Waals surface area contributed by atoms with E-state index >= 15 is 0 Å². The maximum Gasteiger partial charge on any atom is 0 e. The summed E-state index contributed by atoms with van der Waals surface area (Å²) in [4.78, 5) is 18.4. The van der Waals surface area contributed by atoms with Gasteiger partial charge in [0, 0.05) is 19.5 Å². The molecule has 12 heavy (non-hydrogen) atoms. The first-order valence-corrected chi connectivity index (χ1v) is 2.13. The van der Waals surface area contributed by atoms with Gasteiger partial charge in [0.1, 0.15) is 0 Å². The van der Waals surface area contributed by atoms with Crippen LogP contribution in [0.5, 0.6) is 0 Å². The molecule has 60 valence electrons. The van der Waals surface area contributed by atoms with Crippen molar-refractivity contribution in [3.05, 3.63) is 0 Å². The first kappa shape index (κ1) is 29.3. The van der Waals surface area contributed by atoms with Crippen molar-refractivity contribution in [3.63, 3.8) is 0 Å². The zero-order valence-corrected chi connectivity index (χ0v) is 9.32. The summed E-state index contributed by atoms with van der Waals surface area (Å²) < 4.78 is 11.4. The normalized spacial score (nSPS) is 4.58. The van der Waals surface area contributed by atoms with Gasteiger partial charge in [-0.05, 0) is 0 Å². The van der Waals surface area contributed by atoms with Crippen molar-refractivity contribution < 1.29 is 47.8 Å². The molecule has 0 saturated carbocycles. The van der Waals surface area contributed by atoms with E-state index in [0.717, 1.165) is 0 Å². The number of ether oxygens (including phenoxy) is 1. The summed E-state index contributed by atoms with van der Waals surface area (Å²) in [5.41, 5.74) is 0. The van der Waals surface area contributed by atoms with Gasteiger partial charge < -0.3 is 14.9 Å². The molecule has 0 aliphatic heterocycles. The topological polar surface area (TPSA) is 101 Å². The van der Waals surface area contributed by atoms with E-state index in [2.05, 4.69) is 4.74 Å². The van der Waals surface area contributed by atoms with Crippen molar-refractivity contribution in [2.75, 3.05) is 0 Å². The Bertz CT molecular complexity index is 112. The van der Waals surface area contributed by atoms with Crippen LogP contribution in [0.4, 0.5) is 9.59 Å². The standard InChI is InChI=1S/C2H2O5.Al.Ba.Ca.O.Zn.5H/c3-1(4)7-2(5)6;;;;;;;;;;/h(H,3,4)(H,5,6);;;;;;;;;;. The van der Waals surface area contributed by atoms with Gasteiger partial charge in [-0.1, -0.05) is 0 Å². The van der Waals surface area contributed by atoms with Gasteiger partial charge in [-0.15, -0.1) is 0 Å². The van der Waals surface area contributed by atoms with Crippen molar-refractivity contribution in [1.82, 2.24) is 0 Å². The van der Waals surface area contributed by atoms with Gasteiger partial charge >= 0.3 is 119 Å². The fourth-order valence-corrected chi connectivity index (χ4v) is 0.0747.